The van der Waals surface area contributed by atoms with E-state index in [2.05, 4.69) is 121 Å². The van der Waals surface area contributed by atoms with Crippen molar-refractivity contribution in [1.29, 1.82) is 0 Å². The van der Waals surface area contributed by atoms with Crippen LogP contribution < -0.4 is 27.0 Å². The van der Waals surface area contributed by atoms with Gasteiger partial charge in [-0.25, -0.2) is 0 Å². The molecule has 0 radical (unpaired) electrons. The molecule has 35 heavy (non-hydrogen) atoms. The quantitative estimate of drug-likeness (QED) is 0.215. The van der Waals surface area contributed by atoms with Gasteiger partial charge >= 0.3 is 0 Å². The lowest BCUT2D eigenvalue weighted by atomic mass is 10.4. The molecule has 0 heterocycles. The van der Waals surface area contributed by atoms with Crippen molar-refractivity contribution in [2.75, 3.05) is 37.4 Å². The largest absolute Gasteiger partial charge is 0.330 e. The summed E-state index contributed by atoms with van der Waals surface area (Å²) in [4.78, 5) is 0. The Bertz CT molecular complexity index is 925. The van der Waals surface area contributed by atoms with Crippen LogP contribution in [0.25, 0.3) is 0 Å². The smallest absolute Gasteiger partial charge is 0.00739 e. The molecule has 0 bridgehead atoms. The minimum absolute atomic E-state index is 0.0406. The zero-order chi connectivity index (χ0) is 24.1. The summed E-state index contributed by atoms with van der Waals surface area (Å²) in [7, 11) is -0.684. The van der Waals surface area contributed by atoms with Gasteiger partial charge in [0.05, 0.1) is 0 Å². The highest BCUT2D eigenvalue weighted by Crippen LogP contribution is 2.45. The maximum Gasteiger partial charge on any atom is -0.00739 e. The van der Waals surface area contributed by atoms with Gasteiger partial charge < -0.3 is 5.73 Å². The summed E-state index contributed by atoms with van der Waals surface area (Å²) in [5.41, 5.74) is 5.97. The van der Waals surface area contributed by atoms with E-state index in [9.17, 15) is 0 Å². The van der Waals surface area contributed by atoms with Crippen molar-refractivity contribution >= 4 is 45.0 Å². The van der Waals surface area contributed by atoms with Crippen LogP contribution in [0.1, 0.15) is 6.42 Å². The minimum Gasteiger partial charge on any atom is -0.330 e. The molecule has 4 aromatic carbocycles. The SMILES string of the molecule is NCCCP(CCP(c1ccccc1)c1ccccc1)CCP(c1ccccc1)c1ccccc1. The molecule has 0 aliphatic heterocycles. The average Bonchev–Trinajstić information content (AvgIpc) is 2.94. The highest BCUT2D eigenvalue weighted by atomic mass is 31.1. The monoisotopic (exact) mass is 515 g/mol. The second-order valence-corrected chi connectivity index (χ2v) is 16.0. The predicted octanol–water partition coefficient (Wildman–Crippen LogP) is 6.08. The van der Waals surface area contributed by atoms with E-state index in [1.54, 1.807) is 0 Å². The average molecular weight is 516 g/mol. The lowest BCUT2D eigenvalue weighted by Gasteiger charge is -2.25. The number of rotatable bonds is 13. The maximum atomic E-state index is 5.97. The van der Waals surface area contributed by atoms with Crippen molar-refractivity contribution in [3.63, 3.8) is 0 Å². The van der Waals surface area contributed by atoms with E-state index in [0.29, 0.717) is 0 Å². The summed E-state index contributed by atoms with van der Waals surface area (Å²) < 4.78 is 0. The Morgan fingerprint density at radius 2 is 0.714 bits per heavy atom. The second-order valence-electron chi connectivity index (χ2n) is 8.63. The van der Waals surface area contributed by atoms with Gasteiger partial charge in [-0.1, -0.05) is 121 Å². The summed E-state index contributed by atoms with van der Waals surface area (Å²) in [6.07, 6.45) is 7.65. The molecule has 1 nitrogen and oxygen atoms in total. The molecule has 0 atom stereocenters. The molecule has 0 fully saturated rings. The normalized spacial score (nSPS) is 11.4. The molecule has 180 valence electrons. The third-order valence-electron chi connectivity index (χ3n) is 6.23. The van der Waals surface area contributed by atoms with Gasteiger partial charge in [-0.2, -0.15) is 0 Å². The van der Waals surface area contributed by atoms with E-state index in [-0.39, 0.29) is 23.8 Å². The Labute approximate surface area is 215 Å². The van der Waals surface area contributed by atoms with Crippen LogP contribution in [0.4, 0.5) is 0 Å². The highest BCUT2D eigenvalue weighted by molar-refractivity contribution is 7.75. The first kappa shape index (κ1) is 26.2. The Balaban J connectivity index is 1.49. The standard InChI is InChI=1S/C31H36NP3/c32-22-13-23-33(24-26-34(28-14-5-1-6-15-28)29-16-7-2-8-17-29)25-27-35(30-18-9-3-10-19-30)31-20-11-4-12-21-31/h1-12,14-21H,13,22-27,32H2. The van der Waals surface area contributed by atoms with E-state index in [1.165, 1.54) is 52.0 Å². The van der Waals surface area contributed by atoms with Crippen molar-refractivity contribution in [3.05, 3.63) is 121 Å². The van der Waals surface area contributed by atoms with E-state index in [0.717, 1.165) is 13.0 Å². The van der Waals surface area contributed by atoms with Crippen molar-refractivity contribution in [3.8, 4) is 0 Å². The zero-order valence-electron chi connectivity index (χ0n) is 20.4. The first-order valence-corrected chi connectivity index (χ1v) is 17.5. The fraction of sp³-hybridized carbons (Fsp3) is 0.226. The van der Waals surface area contributed by atoms with Gasteiger partial charge in [0, 0.05) is 0 Å². The lowest BCUT2D eigenvalue weighted by Crippen LogP contribution is -2.18. The van der Waals surface area contributed by atoms with E-state index >= 15 is 0 Å². The fourth-order valence-electron chi connectivity index (χ4n) is 4.38. The van der Waals surface area contributed by atoms with Gasteiger partial charge in [-0.05, 0) is 80.8 Å². The van der Waals surface area contributed by atoms with E-state index in [1.807, 2.05) is 0 Å². The summed E-state index contributed by atoms with van der Waals surface area (Å²) in [6.45, 7) is 0.803. The molecule has 0 saturated carbocycles. The van der Waals surface area contributed by atoms with E-state index in [4.69, 9.17) is 5.73 Å². The summed E-state index contributed by atoms with van der Waals surface area (Å²) in [5, 5.41) is 5.99. The molecular weight excluding hydrogens is 479 g/mol. The summed E-state index contributed by atoms with van der Waals surface area (Å²) >= 11 is 0. The van der Waals surface area contributed by atoms with Crippen LogP contribution in [0.15, 0.2) is 121 Å². The molecule has 0 aliphatic rings. The highest BCUT2D eigenvalue weighted by Gasteiger charge is 2.19. The molecule has 0 aromatic heterocycles. The molecule has 4 aromatic rings. The molecular formula is C31H36NP3. The van der Waals surface area contributed by atoms with E-state index < -0.39 is 0 Å². The molecule has 0 spiro atoms. The maximum absolute atomic E-state index is 5.97. The van der Waals surface area contributed by atoms with Gasteiger partial charge in [-0.15, -0.1) is 7.92 Å². The number of hydrogen-bond acceptors (Lipinski definition) is 1. The van der Waals surface area contributed by atoms with Gasteiger partial charge in [0.2, 0.25) is 0 Å². The van der Waals surface area contributed by atoms with Crippen molar-refractivity contribution in [2.24, 2.45) is 5.73 Å². The Morgan fingerprint density at radius 3 is 1.00 bits per heavy atom. The van der Waals surface area contributed by atoms with Crippen LogP contribution in [0.5, 0.6) is 0 Å². The first-order valence-electron chi connectivity index (χ1n) is 12.5. The molecule has 0 saturated heterocycles. The number of hydrogen-bond donors (Lipinski definition) is 1. The Hall–Kier alpha value is -1.87. The van der Waals surface area contributed by atoms with Crippen LogP contribution in [-0.2, 0) is 0 Å². The third kappa shape index (κ3) is 8.07. The van der Waals surface area contributed by atoms with Crippen LogP contribution in [0.2, 0.25) is 0 Å². The minimum atomic E-state index is -0.322. The fourth-order valence-corrected chi connectivity index (χ4v) is 13.3. The molecule has 0 unspecified atom stereocenters. The van der Waals surface area contributed by atoms with Gasteiger partial charge in [0.1, 0.15) is 0 Å². The van der Waals surface area contributed by atoms with Gasteiger partial charge in [-0.3, -0.25) is 0 Å². The number of nitrogens with two attached hydrogens (primary N) is 1. The first-order chi connectivity index (χ1) is 17.3. The van der Waals surface area contributed by atoms with Crippen molar-refractivity contribution in [2.45, 2.75) is 6.42 Å². The predicted molar refractivity (Wildman–Crippen MR) is 163 cm³/mol. The van der Waals surface area contributed by atoms with Gasteiger partial charge in [0.15, 0.2) is 0 Å². The molecule has 0 aliphatic carbocycles. The Kier molecular flexibility index (Phi) is 11.0. The summed E-state index contributed by atoms with van der Waals surface area (Å²) in [6, 6.07) is 44.7. The molecule has 4 heteroatoms. The number of benzene rings is 4. The topological polar surface area (TPSA) is 26.0 Å². The lowest BCUT2D eigenvalue weighted by molar-refractivity contribution is 0.935. The van der Waals surface area contributed by atoms with Crippen LogP contribution >= 0.6 is 23.8 Å². The third-order valence-corrected chi connectivity index (χ3v) is 14.6. The zero-order valence-corrected chi connectivity index (χ0v) is 23.1. The second kappa shape index (κ2) is 14.6. The van der Waals surface area contributed by atoms with Crippen molar-refractivity contribution < 1.29 is 0 Å². The van der Waals surface area contributed by atoms with Gasteiger partial charge in [0.25, 0.3) is 0 Å². The molecule has 0 amide bonds. The molecule has 2 N–H and O–H groups in total. The summed E-state index contributed by atoms with van der Waals surface area (Å²) in [5.74, 6) is 0. The van der Waals surface area contributed by atoms with Crippen LogP contribution in [0, 0.1) is 0 Å². The van der Waals surface area contributed by atoms with Crippen LogP contribution in [-0.4, -0.2) is 37.4 Å². The van der Waals surface area contributed by atoms with Crippen molar-refractivity contribution in [1.82, 2.24) is 0 Å². The molecule has 4 rings (SSSR count). The Morgan fingerprint density at radius 1 is 0.400 bits per heavy atom. The van der Waals surface area contributed by atoms with Crippen LogP contribution in [0.3, 0.4) is 0 Å².